The maximum atomic E-state index is 11.4. The van der Waals surface area contributed by atoms with Crippen molar-refractivity contribution >= 4 is 9.84 Å². The van der Waals surface area contributed by atoms with Crippen molar-refractivity contribution in [2.75, 3.05) is 18.1 Å². The third-order valence-corrected chi connectivity index (χ3v) is 5.40. The molecule has 19 heavy (non-hydrogen) atoms. The molecular formula is C14H21NO3S. The molecule has 1 aliphatic heterocycles. The number of hydrogen-bond donors (Lipinski definition) is 2. The molecule has 0 amide bonds. The van der Waals surface area contributed by atoms with Crippen LogP contribution in [-0.4, -0.2) is 37.6 Å². The summed E-state index contributed by atoms with van der Waals surface area (Å²) < 4.78 is 22.7. The van der Waals surface area contributed by atoms with Crippen molar-refractivity contribution in [1.82, 2.24) is 5.32 Å². The minimum atomic E-state index is -2.77. The molecule has 5 heteroatoms. The van der Waals surface area contributed by atoms with E-state index in [0.29, 0.717) is 17.5 Å². The van der Waals surface area contributed by atoms with Gasteiger partial charge in [-0.25, -0.2) is 8.42 Å². The van der Waals surface area contributed by atoms with Gasteiger partial charge in [-0.3, -0.25) is 0 Å². The molecule has 0 saturated carbocycles. The van der Waals surface area contributed by atoms with Crippen LogP contribution in [0.1, 0.15) is 18.9 Å². The van der Waals surface area contributed by atoms with Crippen LogP contribution in [0.5, 0.6) is 5.75 Å². The summed E-state index contributed by atoms with van der Waals surface area (Å²) in [6.07, 6.45) is 1.65. The predicted molar refractivity (Wildman–Crippen MR) is 76.0 cm³/mol. The molecule has 2 unspecified atom stereocenters. The minimum Gasteiger partial charge on any atom is -0.508 e. The molecule has 4 nitrogen and oxygen atoms in total. The van der Waals surface area contributed by atoms with Gasteiger partial charge in [0.25, 0.3) is 0 Å². The van der Waals surface area contributed by atoms with Gasteiger partial charge in [0.15, 0.2) is 9.84 Å². The molecule has 2 rings (SSSR count). The predicted octanol–water partition coefficient (Wildman–Crippen LogP) is 1.35. The molecule has 0 aliphatic carbocycles. The van der Waals surface area contributed by atoms with Crippen LogP contribution in [0.4, 0.5) is 0 Å². The third-order valence-electron chi connectivity index (χ3n) is 3.56. The smallest absolute Gasteiger partial charge is 0.150 e. The summed E-state index contributed by atoms with van der Waals surface area (Å²) in [5, 5.41) is 12.6. The summed E-state index contributed by atoms with van der Waals surface area (Å²) in [6, 6.07) is 7.49. The zero-order valence-corrected chi connectivity index (χ0v) is 12.0. The highest BCUT2D eigenvalue weighted by molar-refractivity contribution is 7.91. The average Bonchev–Trinajstić information content (AvgIpc) is 2.69. The zero-order valence-electron chi connectivity index (χ0n) is 11.2. The Labute approximate surface area is 114 Å². The van der Waals surface area contributed by atoms with Crippen LogP contribution in [-0.2, 0) is 16.3 Å². The molecular weight excluding hydrogens is 262 g/mol. The molecule has 0 spiro atoms. The van der Waals surface area contributed by atoms with Crippen LogP contribution in [0.15, 0.2) is 24.3 Å². The van der Waals surface area contributed by atoms with Gasteiger partial charge in [0.05, 0.1) is 11.5 Å². The number of aromatic hydroxyl groups is 1. The SMILES string of the molecule is CC(Cc1ccc(O)cc1)NCC1CCS(=O)(=O)C1. The van der Waals surface area contributed by atoms with E-state index in [2.05, 4.69) is 12.2 Å². The first-order chi connectivity index (χ1) is 8.94. The lowest BCUT2D eigenvalue weighted by Gasteiger charge is -2.16. The Morgan fingerprint density at radius 1 is 1.37 bits per heavy atom. The topological polar surface area (TPSA) is 66.4 Å². The van der Waals surface area contributed by atoms with Crippen molar-refractivity contribution in [3.63, 3.8) is 0 Å². The van der Waals surface area contributed by atoms with Gasteiger partial charge in [-0.05, 0) is 49.9 Å². The molecule has 0 aromatic heterocycles. The maximum Gasteiger partial charge on any atom is 0.150 e. The van der Waals surface area contributed by atoms with E-state index >= 15 is 0 Å². The van der Waals surface area contributed by atoms with Gasteiger partial charge in [-0.1, -0.05) is 12.1 Å². The van der Waals surface area contributed by atoms with Gasteiger partial charge in [-0.2, -0.15) is 0 Å². The van der Waals surface area contributed by atoms with Gasteiger partial charge >= 0.3 is 0 Å². The Morgan fingerprint density at radius 2 is 2.05 bits per heavy atom. The minimum absolute atomic E-state index is 0.257. The van der Waals surface area contributed by atoms with Crippen LogP contribution < -0.4 is 5.32 Å². The first kappa shape index (κ1) is 14.3. The van der Waals surface area contributed by atoms with Crippen LogP contribution >= 0.6 is 0 Å². The van der Waals surface area contributed by atoms with E-state index in [0.717, 1.165) is 24.9 Å². The van der Waals surface area contributed by atoms with Gasteiger partial charge < -0.3 is 10.4 Å². The van der Waals surface area contributed by atoms with Gasteiger partial charge in [-0.15, -0.1) is 0 Å². The molecule has 1 aromatic rings. The van der Waals surface area contributed by atoms with Crippen LogP contribution in [0.2, 0.25) is 0 Å². The molecule has 1 aliphatic rings. The number of phenolic OH excluding ortho intramolecular Hbond substituents is 1. The van der Waals surface area contributed by atoms with E-state index in [9.17, 15) is 13.5 Å². The fraction of sp³-hybridized carbons (Fsp3) is 0.571. The van der Waals surface area contributed by atoms with E-state index in [1.54, 1.807) is 12.1 Å². The summed E-state index contributed by atoms with van der Waals surface area (Å²) in [5.74, 6) is 1.20. The van der Waals surface area contributed by atoms with Crippen molar-refractivity contribution in [3.8, 4) is 5.75 Å². The highest BCUT2D eigenvalue weighted by atomic mass is 32.2. The van der Waals surface area contributed by atoms with E-state index in [4.69, 9.17) is 0 Å². The van der Waals surface area contributed by atoms with Crippen molar-refractivity contribution in [1.29, 1.82) is 0 Å². The summed E-state index contributed by atoms with van der Waals surface area (Å²) in [7, 11) is -2.77. The second kappa shape index (κ2) is 5.92. The quantitative estimate of drug-likeness (QED) is 0.856. The van der Waals surface area contributed by atoms with Crippen LogP contribution in [0.3, 0.4) is 0 Å². The normalized spacial score (nSPS) is 23.3. The van der Waals surface area contributed by atoms with Crippen molar-refractivity contribution < 1.29 is 13.5 Å². The third kappa shape index (κ3) is 4.51. The Kier molecular flexibility index (Phi) is 4.47. The lowest BCUT2D eigenvalue weighted by molar-refractivity contribution is 0.463. The van der Waals surface area contributed by atoms with Gasteiger partial charge in [0, 0.05) is 6.04 Å². The van der Waals surface area contributed by atoms with E-state index in [-0.39, 0.29) is 11.7 Å². The first-order valence-electron chi connectivity index (χ1n) is 6.66. The van der Waals surface area contributed by atoms with Crippen LogP contribution in [0.25, 0.3) is 0 Å². The fourth-order valence-corrected chi connectivity index (χ4v) is 4.32. The standard InChI is InChI=1S/C14H21NO3S/c1-11(8-12-2-4-14(16)5-3-12)15-9-13-6-7-19(17,18)10-13/h2-5,11,13,15-16H,6-10H2,1H3. The summed E-state index contributed by atoms with van der Waals surface area (Å²) >= 11 is 0. The molecule has 2 N–H and O–H groups in total. The monoisotopic (exact) mass is 283 g/mol. The summed E-state index contributed by atoms with van der Waals surface area (Å²) in [4.78, 5) is 0. The van der Waals surface area contributed by atoms with Gasteiger partial charge in [0.2, 0.25) is 0 Å². The highest BCUT2D eigenvalue weighted by Crippen LogP contribution is 2.18. The highest BCUT2D eigenvalue weighted by Gasteiger charge is 2.27. The Bertz CT molecular complexity index is 510. The van der Waals surface area contributed by atoms with E-state index in [1.807, 2.05) is 12.1 Å². The molecule has 0 bridgehead atoms. The molecule has 1 aromatic carbocycles. The lowest BCUT2D eigenvalue weighted by atomic mass is 10.1. The molecule has 2 atom stereocenters. The average molecular weight is 283 g/mol. The fourth-order valence-electron chi connectivity index (χ4n) is 2.46. The summed E-state index contributed by atoms with van der Waals surface area (Å²) in [5.41, 5.74) is 1.16. The Balaban J connectivity index is 1.76. The van der Waals surface area contributed by atoms with Crippen molar-refractivity contribution in [2.45, 2.75) is 25.8 Å². The van der Waals surface area contributed by atoms with Gasteiger partial charge in [0.1, 0.15) is 5.75 Å². The largest absolute Gasteiger partial charge is 0.508 e. The number of hydrogen-bond acceptors (Lipinski definition) is 4. The summed E-state index contributed by atoms with van der Waals surface area (Å²) in [6.45, 7) is 2.86. The van der Waals surface area contributed by atoms with E-state index in [1.165, 1.54) is 0 Å². The second-order valence-electron chi connectivity index (χ2n) is 5.45. The molecule has 1 fully saturated rings. The maximum absolute atomic E-state index is 11.4. The molecule has 1 heterocycles. The number of benzene rings is 1. The Morgan fingerprint density at radius 3 is 2.63 bits per heavy atom. The molecule has 0 radical (unpaired) electrons. The molecule has 1 saturated heterocycles. The van der Waals surface area contributed by atoms with Crippen molar-refractivity contribution in [2.24, 2.45) is 5.92 Å². The second-order valence-corrected chi connectivity index (χ2v) is 7.68. The number of phenols is 1. The van der Waals surface area contributed by atoms with Crippen LogP contribution in [0, 0.1) is 5.92 Å². The Hall–Kier alpha value is -1.07. The first-order valence-corrected chi connectivity index (χ1v) is 8.48. The zero-order chi connectivity index (χ0) is 13.9. The molecule has 106 valence electrons. The number of nitrogens with one attached hydrogen (secondary N) is 1. The number of rotatable bonds is 5. The van der Waals surface area contributed by atoms with E-state index < -0.39 is 9.84 Å². The van der Waals surface area contributed by atoms with Crippen molar-refractivity contribution in [3.05, 3.63) is 29.8 Å². The number of sulfone groups is 1. The lowest BCUT2D eigenvalue weighted by Crippen LogP contribution is -2.33.